The van der Waals surface area contributed by atoms with Gasteiger partial charge in [0.2, 0.25) is 5.95 Å². The van der Waals surface area contributed by atoms with Crippen LogP contribution in [0, 0.1) is 13.8 Å². The number of aliphatic hydroxyl groups is 1. The SMILES string of the molecule is Cc1cc([C@](C)(O)CNc2nc3ccccc3c(=O)[nH]2)c(C)o1. The summed E-state index contributed by atoms with van der Waals surface area (Å²) in [7, 11) is 0. The smallest absolute Gasteiger partial charge is 0.260 e. The summed E-state index contributed by atoms with van der Waals surface area (Å²) in [5.74, 6) is 1.75. The molecule has 23 heavy (non-hydrogen) atoms. The lowest BCUT2D eigenvalue weighted by Crippen LogP contribution is -2.32. The van der Waals surface area contributed by atoms with Crippen LogP contribution in [0.3, 0.4) is 0 Å². The van der Waals surface area contributed by atoms with Crippen molar-refractivity contribution in [2.45, 2.75) is 26.4 Å². The number of hydrogen-bond donors (Lipinski definition) is 3. The zero-order valence-corrected chi connectivity index (χ0v) is 13.3. The molecule has 2 aromatic heterocycles. The Labute approximate surface area is 133 Å². The van der Waals surface area contributed by atoms with Gasteiger partial charge in [-0.1, -0.05) is 12.1 Å². The molecule has 1 aromatic carbocycles. The molecule has 120 valence electrons. The van der Waals surface area contributed by atoms with Gasteiger partial charge in [0.25, 0.3) is 5.56 Å². The summed E-state index contributed by atoms with van der Waals surface area (Å²) in [4.78, 5) is 19.1. The first kappa shape index (κ1) is 15.3. The first-order valence-electron chi connectivity index (χ1n) is 7.40. The second-order valence-electron chi connectivity index (χ2n) is 5.89. The average Bonchev–Trinajstić information content (AvgIpc) is 2.85. The van der Waals surface area contributed by atoms with Crippen LogP contribution in [0.15, 0.2) is 39.5 Å². The average molecular weight is 313 g/mol. The summed E-state index contributed by atoms with van der Waals surface area (Å²) < 4.78 is 5.47. The van der Waals surface area contributed by atoms with Gasteiger partial charge >= 0.3 is 0 Å². The first-order valence-corrected chi connectivity index (χ1v) is 7.40. The van der Waals surface area contributed by atoms with Gasteiger partial charge in [-0.15, -0.1) is 0 Å². The van der Waals surface area contributed by atoms with Crippen molar-refractivity contribution in [2.75, 3.05) is 11.9 Å². The number of H-pyrrole nitrogens is 1. The first-order chi connectivity index (χ1) is 10.9. The second kappa shape index (κ2) is 5.55. The molecule has 6 heteroatoms. The topological polar surface area (TPSA) is 91.1 Å². The van der Waals surface area contributed by atoms with Crippen LogP contribution in [0.1, 0.15) is 24.0 Å². The molecular weight excluding hydrogens is 294 g/mol. The van der Waals surface area contributed by atoms with Crippen molar-refractivity contribution in [1.29, 1.82) is 0 Å². The van der Waals surface area contributed by atoms with Crippen LogP contribution in [0.2, 0.25) is 0 Å². The number of furan rings is 1. The minimum atomic E-state index is -1.15. The fourth-order valence-corrected chi connectivity index (χ4v) is 2.69. The number of nitrogens with one attached hydrogen (secondary N) is 2. The highest BCUT2D eigenvalue weighted by atomic mass is 16.3. The molecule has 0 spiro atoms. The van der Waals surface area contributed by atoms with Crippen LogP contribution >= 0.6 is 0 Å². The Morgan fingerprint density at radius 3 is 2.78 bits per heavy atom. The molecule has 1 atom stereocenters. The number of fused-ring (bicyclic) bond motifs is 1. The Balaban J connectivity index is 1.85. The van der Waals surface area contributed by atoms with Crippen molar-refractivity contribution in [3.63, 3.8) is 0 Å². The Bertz CT molecular complexity index is 909. The number of aromatic nitrogens is 2. The van der Waals surface area contributed by atoms with E-state index >= 15 is 0 Å². The second-order valence-corrected chi connectivity index (χ2v) is 5.89. The lowest BCUT2D eigenvalue weighted by molar-refractivity contribution is 0.0697. The van der Waals surface area contributed by atoms with E-state index in [1.165, 1.54) is 0 Å². The third kappa shape index (κ3) is 2.98. The molecule has 0 saturated carbocycles. The lowest BCUT2D eigenvalue weighted by atomic mass is 9.96. The number of aromatic amines is 1. The summed E-state index contributed by atoms with van der Waals surface area (Å²) in [5.41, 5.74) is -0.0427. The third-order valence-electron chi connectivity index (χ3n) is 3.83. The largest absolute Gasteiger partial charge is 0.466 e. The maximum absolute atomic E-state index is 12.0. The normalized spacial score (nSPS) is 13.9. The van der Waals surface area contributed by atoms with Gasteiger partial charge in [0, 0.05) is 5.56 Å². The minimum absolute atomic E-state index is 0.189. The Morgan fingerprint density at radius 2 is 2.09 bits per heavy atom. The molecule has 0 aliphatic carbocycles. The van der Waals surface area contributed by atoms with E-state index in [-0.39, 0.29) is 12.1 Å². The van der Waals surface area contributed by atoms with Gasteiger partial charge in [0.05, 0.1) is 17.4 Å². The van der Waals surface area contributed by atoms with Crippen molar-refractivity contribution in [2.24, 2.45) is 0 Å². The van der Waals surface area contributed by atoms with Crippen LogP contribution in [-0.4, -0.2) is 21.6 Å². The van der Waals surface area contributed by atoms with E-state index in [1.807, 2.05) is 26.0 Å². The molecule has 3 aromatic rings. The molecule has 6 nitrogen and oxygen atoms in total. The molecule has 0 amide bonds. The molecule has 0 aliphatic heterocycles. The van der Waals surface area contributed by atoms with E-state index in [4.69, 9.17) is 4.42 Å². The predicted octanol–water partition coefficient (Wildman–Crippen LogP) is 2.45. The van der Waals surface area contributed by atoms with Gasteiger partial charge in [-0.05, 0) is 39.0 Å². The van der Waals surface area contributed by atoms with Gasteiger partial charge in [0.1, 0.15) is 17.1 Å². The Kier molecular flexibility index (Phi) is 3.69. The number of hydrogen-bond acceptors (Lipinski definition) is 5. The molecule has 0 saturated heterocycles. The molecule has 2 heterocycles. The number of rotatable bonds is 4. The highest BCUT2D eigenvalue weighted by Crippen LogP contribution is 2.27. The molecular formula is C17H19N3O3. The number of anilines is 1. The fraction of sp³-hybridized carbons (Fsp3) is 0.294. The summed E-state index contributed by atoms with van der Waals surface area (Å²) in [6.45, 7) is 5.53. The molecule has 0 fully saturated rings. The Hall–Kier alpha value is -2.60. The van der Waals surface area contributed by atoms with Crippen LogP contribution in [0.25, 0.3) is 10.9 Å². The van der Waals surface area contributed by atoms with Crippen molar-refractivity contribution in [3.8, 4) is 0 Å². The molecule has 0 unspecified atom stereocenters. The van der Waals surface area contributed by atoms with Crippen LogP contribution in [0.4, 0.5) is 5.95 Å². The standard InChI is InChI=1S/C17H19N3O3/c1-10-8-13(11(2)23-10)17(3,22)9-18-16-19-14-7-5-4-6-12(14)15(21)20-16/h4-8,22H,9H2,1-3H3,(H2,18,19,20,21)/t17-/m1/s1. The van der Waals surface area contributed by atoms with Crippen LogP contribution < -0.4 is 10.9 Å². The lowest BCUT2D eigenvalue weighted by Gasteiger charge is -2.23. The van der Waals surface area contributed by atoms with Crippen molar-refractivity contribution >= 4 is 16.9 Å². The van der Waals surface area contributed by atoms with Crippen LogP contribution in [-0.2, 0) is 5.60 Å². The number of aryl methyl sites for hydroxylation is 2. The zero-order chi connectivity index (χ0) is 16.6. The van der Waals surface area contributed by atoms with E-state index in [2.05, 4.69) is 15.3 Å². The van der Waals surface area contributed by atoms with E-state index in [0.717, 1.165) is 5.76 Å². The van der Waals surface area contributed by atoms with Crippen molar-refractivity contribution in [3.05, 3.63) is 57.8 Å². The molecule has 0 aliphatic rings. The van der Waals surface area contributed by atoms with E-state index in [9.17, 15) is 9.90 Å². The predicted molar refractivity (Wildman–Crippen MR) is 88.6 cm³/mol. The number of nitrogens with zero attached hydrogens (tertiary/aromatic N) is 1. The zero-order valence-electron chi connectivity index (χ0n) is 13.3. The summed E-state index contributed by atoms with van der Waals surface area (Å²) in [6, 6.07) is 8.93. The quantitative estimate of drug-likeness (QED) is 0.688. The molecule has 0 radical (unpaired) electrons. The number of benzene rings is 1. The minimum Gasteiger partial charge on any atom is -0.466 e. The van der Waals surface area contributed by atoms with Crippen molar-refractivity contribution in [1.82, 2.24) is 9.97 Å². The van der Waals surface area contributed by atoms with Crippen LogP contribution in [0.5, 0.6) is 0 Å². The molecule has 3 N–H and O–H groups in total. The van der Waals surface area contributed by atoms with Gasteiger partial charge in [0.15, 0.2) is 0 Å². The summed E-state index contributed by atoms with van der Waals surface area (Å²) in [5, 5.41) is 14.2. The third-order valence-corrected chi connectivity index (χ3v) is 3.83. The highest BCUT2D eigenvalue weighted by Gasteiger charge is 2.27. The summed E-state index contributed by atoms with van der Waals surface area (Å²) in [6.07, 6.45) is 0. The maximum Gasteiger partial charge on any atom is 0.260 e. The van der Waals surface area contributed by atoms with Gasteiger partial charge < -0.3 is 14.8 Å². The van der Waals surface area contributed by atoms with Crippen molar-refractivity contribution < 1.29 is 9.52 Å². The monoisotopic (exact) mass is 313 g/mol. The van der Waals surface area contributed by atoms with Gasteiger partial charge in [-0.3, -0.25) is 9.78 Å². The molecule has 3 rings (SSSR count). The number of para-hydroxylation sites is 1. The highest BCUT2D eigenvalue weighted by molar-refractivity contribution is 5.78. The Morgan fingerprint density at radius 1 is 1.35 bits per heavy atom. The van der Waals surface area contributed by atoms with E-state index in [1.54, 1.807) is 25.1 Å². The maximum atomic E-state index is 12.0. The van der Waals surface area contributed by atoms with Gasteiger partial charge in [-0.2, -0.15) is 0 Å². The summed E-state index contributed by atoms with van der Waals surface area (Å²) >= 11 is 0. The molecule has 0 bridgehead atoms. The fourth-order valence-electron chi connectivity index (χ4n) is 2.69. The van der Waals surface area contributed by atoms with E-state index in [0.29, 0.717) is 28.2 Å². The van der Waals surface area contributed by atoms with E-state index < -0.39 is 5.60 Å². The van der Waals surface area contributed by atoms with Gasteiger partial charge in [-0.25, -0.2) is 4.98 Å².